The maximum Gasteiger partial charge on any atom is 0.217 e. The second-order valence-corrected chi connectivity index (χ2v) is 4.67. The molecule has 2 heterocycles. The lowest BCUT2D eigenvalue weighted by Crippen LogP contribution is -2.43. The molecule has 2 rings (SSSR count). The molecular formula is C13H18N2O3. The largest absolute Gasteiger partial charge is 0.457 e. The molecule has 0 radical (unpaired) electrons. The van der Waals surface area contributed by atoms with E-state index in [1.807, 2.05) is 6.07 Å². The van der Waals surface area contributed by atoms with Gasteiger partial charge in [-0.05, 0) is 25.0 Å². The van der Waals surface area contributed by atoms with Crippen LogP contribution in [0, 0.1) is 0 Å². The fourth-order valence-electron chi connectivity index (χ4n) is 2.29. The Hall–Kier alpha value is -1.62. The number of aldehydes is 1. The van der Waals surface area contributed by atoms with E-state index in [0.29, 0.717) is 18.1 Å². The van der Waals surface area contributed by atoms with Gasteiger partial charge in [0.2, 0.25) is 5.91 Å². The minimum atomic E-state index is 0.0371. The van der Waals surface area contributed by atoms with Gasteiger partial charge in [0.05, 0.1) is 6.54 Å². The second-order valence-electron chi connectivity index (χ2n) is 4.67. The third kappa shape index (κ3) is 3.43. The summed E-state index contributed by atoms with van der Waals surface area (Å²) in [5.74, 6) is 1.23. The van der Waals surface area contributed by atoms with Crippen molar-refractivity contribution in [1.82, 2.24) is 10.2 Å². The molecule has 0 aliphatic carbocycles. The van der Waals surface area contributed by atoms with E-state index in [0.717, 1.165) is 38.2 Å². The fourth-order valence-corrected chi connectivity index (χ4v) is 2.29. The number of piperidine rings is 1. The number of nitrogens with one attached hydrogen (secondary N) is 1. The van der Waals surface area contributed by atoms with Crippen LogP contribution in [-0.2, 0) is 11.3 Å². The Kier molecular flexibility index (Phi) is 4.15. The van der Waals surface area contributed by atoms with Crippen molar-refractivity contribution < 1.29 is 14.0 Å². The molecule has 1 aromatic heterocycles. The van der Waals surface area contributed by atoms with E-state index in [2.05, 4.69) is 10.2 Å². The molecular weight excluding hydrogens is 232 g/mol. The maximum absolute atomic E-state index is 10.9. The normalized spacial score (nSPS) is 17.6. The number of likely N-dealkylation sites (tertiary alicyclic amines) is 1. The smallest absolute Gasteiger partial charge is 0.217 e. The molecule has 0 aromatic carbocycles. The first-order valence-corrected chi connectivity index (χ1v) is 6.20. The zero-order chi connectivity index (χ0) is 13.0. The maximum atomic E-state index is 10.9. The van der Waals surface area contributed by atoms with Crippen molar-refractivity contribution >= 4 is 12.2 Å². The van der Waals surface area contributed by atoms with Gasteiger partial charge < -0.3 is 9.73 Å². The van der Waals surface area contributed by atoms with Crippen LogP contribution in [0.3, 0.4) is 0 Å². The van der Waals surface area contributed by atoms with Crippen molar-refractivity contribution in [2.24, 2.45) is 0 Å². The number of hydrogen-bond donors (Lipinski definition) is 1. The zero-order valence-electron chi connectivity index (χ0n) is 10.5. The highest BCUT2D eigenvalue weighted by Gasteiger charge is 2.20. The van der Waals surface area contributed by atoms with Crippen molar-refractivity contribution in [3.8, 4) is 0 Å². The zero-order valence-corrected chi connectivity index (χ0v) is 10.5. The summed E-state index contributed by atoms with van der Waals surface area (Å²) in [6.45, 7) is 4.14. The molecule has 1 fully saturated rings. The summed E-state index contributed by atoms with van der Waals surface area (Å²) >= 11 is 0. The third-order valence-corrected chi connectivity index (χ3v) is 3.17. The van der Waals surface area contributed by atoms with Gasteiger partial charge in [-0.15, -0.1) is 0 Å². The van der Waals surface area contributed by atoms with E-state index >= 15 is 0 Å². The summed E-state index contributed by atoms with van der Waals surface area (Å²) in [5, 5.41) is 2.94. The van der Waals surface area contributed by atoms with Crippen LogP contribution in [0.5, 0.6) is 0 Å². The van der Waals surface area contributed by atoms with Crippen LogP contribution in [0.25, 0.3) is 0 Å². The number of nitrogens with zero attached hydrogens (tertiary/aromatic N) is 1. The lowest BCUT2D eigenvalue weighted by atomic mass is 10.1. The highest BCUT2D eigenvalue weighted by molar-refractivity contribution is 5.73. The van der Waals surface area contributed by atoms with E-state index in [4.69, 9.17) is 4.42 Å². The Labute approximate surface area is 106 Å². The minimum absolute atomic E-state index is 0.0371. The molecule has 1 aliphatic rings. The highest BCUT2D eigenvalue weighted by Crippen LogP contribution is 2.15. The van der Waals surface area contributed by atoms with Crippen LogP contribution in [-0.4, -0.2) is 36.2 Å². The average Bonchev–Trinajstić information content (AvgIpc) is 2.79. The monoisotopic (exact) mass is 250 g/mol. The standard InChI is InChI=1S/C13H18N2O3/c1-10(17)14-11-4-6-15(7-5-11)8-12-2-3-13(9-16)18-12/h2-3,9,11H,4-8H2,1H3,(H,14,17). The van der Waals surface area contributed by atoms with Gasteiger partial charge in [-0.1, -0.05) is 0 Å². The molecule has 0 saturated carbocycles. The van der Waals surface area contributed by atoms with Crippen molar-refractivity contribution in [2.75, 3.05) is 13.1 Å². The molecule has 1 N–H and O–H groups in total. The molecule has 98 valence electrons. The number of carbonyl (C=O) groups excluding carboxylic acids is 2. The summed E-state index contributed by atoms with van der Waals surface area (Å²) in [6, 6.07) is 3.82. The Morgan fingerprint density at radius 1 is 1.50 bits per heavy atom. The number of hydrogen-bond acceptors (Lipinski definition) is 4. The first-order valence-electron chi connectivity index (χ1n) is 6.20. The van der Waals surface area contributed by atoms with Gasteiger partial charge in [0.25, 0.3) is 0 Å². The van der Waals surface area contributed by atoms with E-state index < -0.39 is 0 Å². The SMILES string of the molecule is CC(=O)NC1CCN(Cc2ccc(C=O)o2)CC1. The van der Waals surface area contributed by atoms with Crippen molar-refractivity contribution in [1.29, 1.82) is 0 Å². The molecule has 1 saturated heterocycles. The Morgan fingerprint density at radius 3 is 2.78 bits per heavy atom. The first-order chi connectivity index (χ1) is 8.67. The van der Waals surface area contributed by atoms with Crippen molar-refractivity contribution in [3.63, 3.8) is 0 Å². The van der Waals surface area contributed by atoms with Gasteiger partial charge in [-0.25, -0.2) is 0 Å². The van der Waals surface area contributed by atoms with E-state index in [-0.39, 0.29) is 5.91 Å². The molecule has 5 heteroatoms. The number of rotatable bonds is 4. The predicted molar refractivity (Wildman–Crippen MR) is 66.2 cm³/mol. The molecule has 18 heavy (non-hydrogen) atoms. The van der Waals surface area contributed by atoms with Gasteiger partial charge in [-0.2, -0.15) is 0 Å². The van der Waals surface area contributed by atoms with Gasteiger partial charge in [0.15, 0.2) is 12.0 Å². The van der Waals surface area contributed by atoms with E-state index in [1.165, 1.54) is 0 Å². The quantitative estimate of drug-likeness (QED) is 0.815. The topological polar surface area (TPSA) is 62.6 Å². The number of carbonyl (C=O) groups is 2. The predicted octanol–water partition coefficient (Wildman–Crippen LogP) is 1.19. The fraction of sp³-hybridized carbons (Fsp3) is 0.538. The summed E-state index contributed by atoms with van der Waals surface area (Å²) in [7, 11) is 0. The molecule has 1 aromatic rings. The average molecular weight is 250 g/mol. The van der Waals surface area contributed by atoms with Gasteiger partial charge in [0.1, 0.15) is 5.76 Å². The minimum Gasteiger partial charge on any atom is -0.457 e. The lowest BCUT2D eigenvalue weighted by molar-refractivity contribution is -0.120. The molecule has 0 bridgehead atoms. The molecule has 0 spiro atoms. The first kappa shape index (κ1) is 12.8. The summed E-state index contributed by atoms with van der Waals surface area (Å²) in [4.78, 5) is 23.7. The third-order valence-electron chi connectivity index (χ3n) is 3.17. The Balaban J connectivity index is 1.79. The highest BCUT2D eigenvalue weighted by atomic mass is 16.3. The molecule has 5 nitrogen and oxygen atoms in total. The van der Waals surface area contributed by atoms with Crippen LogP contribution < -0.4 is 5.32 Å². The van der Waals surface area contributed by atoms with Crippen molar-refractivity contribution in [3.05, 3.63) is 23.7 Å². The van der Waals surface area contributed by atoms with E-state index in [1.54, 1.807) is 13.0 Å². The van der Waals surface area contributed by atoms with Crippen molar-refractivity contribution in [2.45, 2.75) is 32.4 Å². The summed E-state index contributed by atoms with van der Waals surface area (Å²) in [5.41, 5.74) is 0. The number of amides is 1. The van der Waals surface area contributed by atoms with Crippen LogP contribution in [0.2, 0.25) is 0 Å². The molecule has 1 amide bonds. The Morgan fingerprint density at radius 2 is 2.22 bits per heavy atom. The van der Waals surface area contributed by atoms with Gasteiger partial charge >= 0.3 is 0 Å². The number of furan rings is 1. The lowest BCUT2D eigenvalue weighted by Gasteiger charge is -2.31. The Bertz CT molecular complexity index is 420. The second kappa shape index (κ2) is 5.82. The van der Waals surface area contributed by atoms with Crippen LogP contribution >= 0.6 is 0 Å². The summed E-state index contributed by atoms with van der Waals surface area (Å²) < 4.78 is 5.35. The molecule has 1 aliphatic heterocycles. The van der Waals surface area contributed by atoms with Crippen LogP contribution in [0.15, 0.2) is 16.5 Å². The van der Waals surface area contributed by atoms with E-state index in [9.17, 15) is 9.59 Å². The summed E-state index contributed by atoms with van der Waals surface area (Å²) in [6.07, 6.45) is 2.63. The molecule has 0 atom stereocenters. The molecule has 0 unspecified atom stereocenters. The van der Waals surface area contributed by atoms with Gasteiger partial charge in [-0.3, -0.25) is 14.5 Å². The van der Waals surface area contributed by atoms with Crippen LogP contribution in [0.1, 0.15) is 36.1 Å². The van der Waals surface area contributed by atoms with Crippen LogP contribution in [0.4, 0.5) is 0 Å². The van der Waals surface area contributed by atoms with Gasteiger partial charge in [0, 0.05) is 26.1 Å².